The largest absolute Gasteiger partial charge is 0.497 e. The first-order chi connectivity index (χ1) is 12.0. The molecule has 1 atom stereocenters. The van der Waals surface area contributed by atoms with Crippen LogP contribution in [0.4, 0.5) is 0 Å². The van der Waals surface area contributed by atoms with Crippen molar-refractivity contribution in [2.75, 3.05) is 39.7 Å². The van der Waals surface area contributed by atoms with E-state index in [-0.39, 0.29) is 29.8 Å². The fraction of sp³-hybridized carbons (Fsp3) is 0.556. The lowest BCUT2D eigenvalue weighted by Crippen LogP contribution is -2.44. The first-order valence-corrected chi connectivity index (χ1v) is 9.36. The van der Waals surface area contributed by atoms with Gasteiger partial charge in [0.25, 0.3) is 0 Å². The van der Waals surface area contributed by atoms with Crippen LogP contribution in [0.5, 0.6) is 5.75 Å². The van der Waals surface area contributed by atoms with Gasteiger partial charge in [0.05, 0.1) is 12.9 Å². The van der Waals surface area contributed by atoms with Crippen LogP contribution in [0.25, 0.3) is 0 Å². The molecule has 0 N–H and O–H groups in total. The highest BCUT2D eigenvalue weighted by molar-refractivity contribution is 8.00. The third-order valence-electron chi connectivity index (χ3n) is 4.16. The van der Waals surface area contributed by atoms with E-state index in [1.807, 2.05) is 43.0 Å². The Morgan fingerprint density at radius 2 is 2.00 bits per heavy atom. The van der Waals surface area contributed by atoms with Crippen LogP contribution in [0.15, 0.2) is 24.3 Å². The van der Waals surface area contributed by atoms with Gasteiger partial charge in [0.2, 0.25) is 11.8 Å². The summed E-state index contributed by atoms with van der Waals surface area (Å²) in [6.07, 6.45) is 0. The van der Waals surface area contributed by atoms with E-state index in [1.165, 1.54) is 7.11 Å². The van der Waals surface area contributed by atoms with Crippen molar-refractivity contribution in [2.45, 2.75) is 25.3 Å². The Labute approximate surface area is 153 Å². The lowest BCUT2D eigenvalue weighted by molar-refractivity contribution is -0.138. The quantitative estimate of drug-likeness (QED) is 0.706. The van der Waals surface area contributed by atoms with Crippen molar-refractivity contribution < 1.29 is 19.1 Å². The molecule has 1 aliphatic rings. The summed E-state index contributed by atoms with van der Waals surface area (Å²) in [5.74, 6) is 1.30. The summed E-state index contributed by atoms with van der Waals surface area (Å²) in [5, 5.41) is -0.0232. The Bertz CT molecular complexity index is 591. The molecule has 0 spiro atoms. The number of rotatable bonds is 8. The molecule has 1 unspecified atom stereocenters. The van der Waals surface area contributed by atoms with Crippen molar-refractivity contribution in [1.82, 2.24) is 9.80 Å². The SMILES string of the molecule is COCC(=O)N(CCN1C(=O)CSC1c1ccc(OC)cc1)C(C)C. The summed E-state index contributed by atoms with van der Waals surface area (Å²) in [7, 11) is 3.14. The molecule has 2 rings (SSSR count). The Hall–Kier alpha value is -1.73. The van der Waals surface area contributed by atoms with Gasteiger partial charge in [-0.2, -0.15) is 0 Å². The zero-order chi connectivity index (χ0) is 18.4. The Balaban J connectivity index is 2.06. The zero-order valence-electron chi connectivity index (χ0n) is 15.2. The number of benzene rings is 1. The van der Waals surface area contributed by atoms with E-state index in [0.717, 1.165) is 11.3 Å². The van der Waals surface area contributed by atoms with Crippen LogP contribution >= 0.6 is 11.8 Å². The molecule has 0 bridgehead atoms. The molecular formula is C18H26N2O4S. The third-order valence-corrected chi connectivity index (χ3v) is 5.42. The van der Waals surface area contributed by atoms with Crippen LogP contribution in [-0.4, -0.2) is 67.3 Å². The van der Waals surface area contributed by atoms with Gasteiger partial charge in [-0.25, -0.2) is 0 Å². The van der Waals surface area contributed by atoms with Crippen molar-refractivity contribution in [1.29, 1.82) is 0 Å². The molecule has 138 valence electrons. The first kappa shape index (κ1) is 19.6. The van der Waals surface area contributed by atoms with Gasteiger partial charge in [-0.05, 0) is 31.5 Å². The van der Waals surface area contributed by atoms with Crippen molar-refractivity contribution in [2.24, 2.45) is 0 Å². The predicted octanol–water partition coefficient (Wildman–Crippen LogP) is 2.15. The highest BCUT2D eigenvalue weighted by atomic mass is 32.2. The first-order valence-electron chi connectivity index (χ1n) is 8.31. The molecule has 0 aliphatic carbocycles. The van der Waals surface area contributed by atoms with Crippen LogP contribution in [0.2, 0.25) is 0 Å². The minimum atomic E-state index is -0.0576. The number of carbonyl (C=O) groups excluding carboxylic acids is 2. The van der Waals surface area contributed by atoms with E-state index in [4.69, 9.17) is 9.47 Å². The standard InChI is InChI=1S/C18H26N2O4S/c1-13(2)19(16(21)11-23-3)9-10-20-17(22)12-25-18(20)14-5-7-15(24-4)8-6-14/h5-8,13,18H,9-12H2,1-4H3. The van der Waals surface area contributed by atoms with Gasteiger partial charge < -0.3 is 19.3 Å². The van der Waals surface area contributed by atoms with Gasteiger partial charge in [0.15, 0.2) is 0 Å². The minimum absolute atomic E-state index is 0.0232. The summed E-state index contributed by atoms with van der Waals surface area (Å²) < 4.78 is 10.1. The van der Waals surface area contributed by atoms with Crippen LogP contribution in [0.3, 0.4) is 0 Å². The monoisotopic (exact) mass is 366 g/mol. The van der Waals surface area contributed by atoms with E-state index >= 15 is 0 Å². The van der Waals surface area contributed by atoms with Crippen molar-refractivity contribution in [3.05, 3.63) is 29.8 Å². The Morgan fingerprint density at radius 3 is 2.56 bits per heavy atom. The van der Waals surface area contributed by atoms with Gasteiger partial charge in [-0.15, -0.1) is 11.8 Å². The molecule has 1 aromatic carbocycles. The molecule has 1 saturated heterocycles. The zero-order valence-corrected chi connectivity index (χ0v) is 16.0. The average Bonchev–Trinajstić information content (AvgIpc) is 2.96. The number of carbonyl (C=O) groups is 2. The van der Waals surface area contributed by atoms with Gasteiger partial charge in [0.1, 0.15) is 17.7 Å². The molecule has 7 heteroatoms. The number of hydrogen-bond acceptors (Lipinski definition) is 5. The van der Waals surface area contributed by atoms with Crippen LogP contribution in [0.1, 0.15) is 24.8 Å². The summed E-state index contributed by atoms with van der Waals surface area (Å²) in [4.78, 5) is 28.1. The molecule has 6 nitrogen and oxygen atoms in total. The Kier molecular flexibility index (Phi) is 7.13. The number of methoxy groups -OCH3 is 2. The lowest BCUT2D eigenvalue weighted by Gasteiger charge is -2.31. The van der Waals surface area contributed by atoms with Crippen LogP contribution < -0.4 is 4.74 Å². The molecule has 25 heavy (non-hydrogen) atoms. The second kappa shape index (κ2) is 9.10. The number of hydrogen-bond donors (Lipinski definition) is 0. The van der Waals surface area contributed by atoms with Crippen molar-refractivity contribution in [3.63, 3.8) is 0 Å². The second-order valence-corrected chi connectivity index (χ2v) is 7.21. The number of amides is 2. The molecule has 0 aromatic heterocycles. The summed E-state index contributed by atoms with van der Waals surface area (Å²) in [5.41, 5.74) is 1.07. The van der Waals surface area contributed by atoms with Gasteiger partial charge >= 0.3 is 0 Å². The topological polar surface area (TPSA) is 59.1 Å². The molecular weight excluding hydrogens is 340 g/mol. The van der Waals surface area contributed by atoms with Crippen LogP contribution in [0, 0.1) is 0 Å². The van der Waals surface area contributed by atoms with E-state index in [0.29, 0.717) is 18.8 Å². The lowest BCUT2D eigenvalue weighted by atomic mass is 10.2. The summed E-state index contributed by atoms with van der Waals surface area (Å²) in [6.45, 7) is 5.00. The highest BCUT2D eigenvalue weighted by Gasteiger charge is 2.33. The summed E-state index contributed by atoms with van der Waals surface area (Å²) in [6, 6.07) is 7.84. The fourth-order valence-corrected chi connectivity index (χ4v) is 4.05. The van der Waals surface area contributed by atoms with Crippen molar-refractivity contribution >= 4 is 23.6 Å². The van der Waals surface area contributed by atoms with Crippen LogP contribution in [-0.2, 0) is 14.3 Å². The normalized spacial score (nSPS) is 17.2. The molecule has 1 heterocycles. The molecule has 2 amide bonds. The third kappa shape index (κ3) is 4.89. The van der Waals surface area contributed by atoms with E-state index in [1.54, 1.807) is 23.8 Å². The number of ether oxygens (including phenoxy) is 2. The van der Waals surface area contributed by atoms with E-state index in [2.05, 4.69) is 0 Å². The maximum absolute atomic E-state index is 12.3. The molecule has 0 radical (unpaired) electrons. The summed E-state index contributed by atoms with van der Waals surface area (Å²) >= 11 is 1.61. The van der Waals surface area contributed by atoms with Gasteiger partial charge in [-0.1, -0.05) is 12.1 Å². The van der Waals surface area contributed by atoms with Gasteiger partial charge in [-0.3, -0.25) is 9.59 Å². The van der Waals surface area contributed by atoms with E-state index < -0.39 is 0 Å². The fourth-order valence-electron chi connectivity index (χ4n) is 2.83. The predicted molar refractivity (Wildman–Crippen MR) is 98.6 cm³/mol. The maximum Gasteiger partial charge on any atom is 0.248 e. The molecule has 0 saturated carbocycles. The second-order valence-electron chi connectivity index (χ2n) is 6.14. The Morgan fingerprint density at radius 1 is 1.32 bits per heavy atom. The smallest absolute Gasteiger partial charge is 0.248 e. The van der Waals surface area contributed by atoms with E-state index in [9.17, 15) is 9.59 Å². The minimum Gasteiger partial charge on any atom is -0.497 e. The average molecular weight is 366 g/mol. The molecule has 1 aromatic rings. The highest BCUT2D eigenvalue weighted by Crippen LogP contribution is 2.38. The van der Waals surface area contributed by atoms with Gasteiger partial charge in [0, 0.05) is 26.2 Å². The van der Waals surface area contributed by atoms with Crippen molar-refractivity contribution in [3.8, 4) is 5.75 Å². The molecule has 1 aliphatic heterocycles. The number of nitrogens with zero attached hydrogens (tertiary/aromatic N) is 2. The number of thioether (sulfide) groups is 1. The maximum atomic E-state index is 12.3. The molecule has 1 fully saturated rings.